The predicted octanol–water partition coefficient (Wildman–Crippen LogP) is 4.65. The van der Waals surface area contributed by atoms with Crippen LogP contribution in [0.1, 0.15) is 24.1 Å². The van der Waals surface area contributed by atoms with Crippen molar-refractivity contribution >= 4 is 16.9 Å². The second-order valence-electron chi connectivity index (χ2n) is 7.80. The Morgan fingerprint density at radius 1 is 1.09 bits per heavy atom. The second-order valence-corrected chi connectivity index (χ2v) is 7.80. The Morgan fingerprint density at radius 2 is 1.88 bits per heavy atom. The van der Waals surface area contributed by atoms with E-state index in [0.29, 0.717) is 6.54 Å². The number of rotatable bonds is 9. The number of ether oxygens (including phenoxy) is 2. The van der Waals surface area contributed by atoms with Gasteiger partial charge in [-0.05, 0) is 54.4 Å². The molecule has 2 atom stereocenters. The van der Waals surface area contributed by atoms with Gasteiger partial charge in [0.2, 0.25) is 5.91 Å². The van der Waals surface area contributed by atoms with Gasteiger partial charge in [-0.15, -0.1) is 0 Å². The smallest absolute Gasteiger partial charge is 0.249 e. The number of hydrogen-bond acceptors (Lipinski definition) is 4. The molecule has 1 N–H and O–H groups in total. The largest absolute Gasteiger partial charge is 0.497 e. The van der Waals surface area contributed by atoms with Crippen LogP contribution < -0.4 is 10.1 Å². The van der Waals surface area contributed by atoms with Gasteiger partial charge in [0.1, 0.15) is 17.7 Å². The molecular weight excluding hydrogens is 421 g/mol. The highest BCUT2D eigenvalue weighted by atomic mass is 19.1. The Labute approximate surface area is 192 Å². The molecular formula is C26H26FN3O3. The highest BCUT2D eigenvalue weighted by molar-refractivity contribution is 5.81. The number of nitrogens with zero attached hydrogens (tertiary/aromatic N) is 2. The normalized spacial score (nSPS) is 12.9. The van der Waals surface area contributed by atoms with Crippen LogP contribution in [0.4, 0.5) is 4.39 Å². The van der Waals surface area contributed by atoms with E-state index in [4.69, 9.17) is 9.47 Å². The summed E-state index contributed by atoms with van der Waals surface area (Å²) in [7, 11) is 1.61. The first kappa shape index (κ1) is 22.5. The molecule has 0 bridgehead atoms. The lowest BCUT2D eigenvalue weighted by Gasteiger charge is -2.23. The van der Waals surface area contributed by atoms with Crippen molar-refractivity contribution in [1.82, 2.24) is 14.9 Å². The number of aromatic nitrogens is 2. The van der Waals surface area contributed by atoms with Crippen LogP contribution in [0.25, 0.3) is 11.0 Å². The molecule has 0 aliphatic carbocycles. The molecule has 3 aromatic carbocycles. The molecule has 0 fully saturated rings. The first-order valence-electron chi connectivity index (χ1n) is 10.7. The van der Waals surface area contributed by atoms with Crippen molar-refractivity contribution in [1.29, 1.82) is 0 Å². The lowest BCUT2D eigenvalue weighted by atomic mass is 10.1. The number of amides is 1. The molecule has 7 heteroatoms. The molecule has 33 heavy (non-hydrogen) atoms. The summed E-state index contributed by atoms with van der Waals surface area (Å²) >= 11 is 0. The highest BCUT2D eigenvalue weighted by Gasteiger charge is 2.21. The molecule has 0 aliphatic rings. The lowest BCUT2D eigenvalue weighted by molar-refractivity contribution is -0.133. The zero-order valence-corrected chi connectivity index (χ0v) is 18.6. The van der Waals surface area contributed by atoms with E-state index in [1.165, 1.54) is 12.1 Å². The number of carbonyl (C=O) groups is 1. The minimum absolute atomic E-state index is 0.253. The van der Waals surface area contributed by atoms with Crippen LogP contribution in [0.2, 0.25) is 0 Å². The number of carbonyl (C=O) groups excluding carboxylic acids is 1. The van der Waals surface area contributed by atoms with Gasteiger partial charge < -0.3 is 19.4 Å². The van der Waals surface area contributed by atoms with Crippen molar-refractivity contribution in [2.75, 3.05) is 7.11 Å². The molecule has 0 saturated carbocycles. The van der Waals surface area contributed by atoms with E-state index in [0.717, 1.165) is 27.9 Å². The fourth-order valence-corrected chi connectivity index (χ4v) is 3.63. The number of hydrogen-bond donors (Lipinski definition) is 1. The maximum atomic E-state index is 13.5. The van der Waals surface area contributed by atoms with Crippen LogP contribution in [-0.4, -0.2) is 28.7 Å². The topological polar surface area (TPSA) is 65.4 Å². The fourth-order valence-electron chi connectivity index (χ4n) is 3.63. The first-order chi connectivity index (χ1) is 16.0. The summed E-state index contributed by atoms with van der Waals surface area (Å²) in [6, 6.07) is 21.1. The molecule has 0 aliphatic heterocycles. The van der Waals surface area contributed by atoms with Gasteiger partial charge in [-0.2, -0.15) is 0 Å². The van der Waals surface area contributed by atoms with Gasteiger partial charge in [0, 0.05) is 6.54 Å². The molecule has 2 unspecified atom stereocenters. The number of para-hydroxylation sites is 2. The maximum absolute atomic E-state index is 13.5. The van der Waals surface area contributed by atoms with Crippen LogP contribution in [0, 0.1) is 5.82 Å². The van der Waals surface area contributed by atoms with E-state index in [2.05, 4.69) is 10.3 Å². The molecule has 1 heterocycles. The van der Waals surface area contributed by atoms with Crippen molar-refractivity contribution in [2.45, 2.75) is 32.2 Å². The van der Waals surface area contributed by atoms with E-state index in [9.17, 15) is 9.18 Å². The number of imidazole rings is 1. The van der Waals surface area contributed by atoms with Crippen LogP contribution in [0.15, 0.2) is 79.1 Å². The highest BCUT2D eigenvalue weighted by Crippen LogP contribution is 2.20. The number of benzene rings is 3. The Hall–Kier alpha value is -3.71. The number of methoxy groups -OCH3 is 1. The Morgan fingerprint density at radius 3 is 2.67 bits per heavy atom. The molecule has 4 rings (SSSR count). The first-order valence-corrected chi connectivity index (χ1v) is 10.7. The second kappa shape index (κ2) is 10.3. The van der Waals surface area contributed by atoms with Gasteiger partial charge in [-0.1, -0.05) is 36.4 Å². The minimum atomic E-state index is -0.682. The Balaban J connectivity index is 1.48. The van der Waals surface area contributed by atoms with Gasteiger partial charge in [0.25, 0.3) is 0 Å². The van der Waals surface area contributed by atoms with Crippen molar-refractivity contribution in [2.24, 2.45) is 0 Å². The third kappa shape index (κ3) is 5.56. The molecule has 0 spiro atoms. The third-order valence-electron chi connectivity index (χ3n) is 5.50. The Bertz CT molecular complexity index is 1220. The van der Waals surface area contributed by atoms with Crippen LogP contribution in [0.3, 0.4) is 0 Å². The van der Waals surface area contributed by atoms with Gasteiger partial charge in [-0.25, -0.2) is 9.37 Å². The zero-order chi connectivity index (χ0) is 23.2. The fraction of sp³-hybridized carbons (Fsp3) is 0.231. The average molecular weight is 448 g/mol. The molecule has 0 radical (unpaired) electrons. The summed E-state index contributed by atoms with van der Waals surface area (Å²) in [6.45, 7) is 2.43. The number of nitrogens with one attached hydrogen (secondary N) is 1. The van der Waals surface area contributed by atoms with Crippen LogP contribution >= 0.6 is 0 Å². The third-order valence-corrected chi connectivity index (χ3v) is 5.50. The van der Waals surface area contributed by atoms with E-state index in [1.807, 2.05) is 53.1 Å². The molecule has 170 valence electrons. The average Bonchev–Trinajstić information content (AvgIpc) is 3.25. The quantitative estimate of drug-likeness (QED) is 0.406. The van der Waals surface area contributed by atoms with Gasteiger partial charge >= 0.3 is 0 Å². The summed E-state index contributed by atoms with van der Waals surface area (Å²) in [4.78, 5) is 17.4. The number of halogens is 1. The summed E-state index contributed by atoms with van der Waals surface area (Å²) in [5.74, 6) is 0.153. The van der Waals surface area contributed by atoms with E-state index < -0.39 is 12.1 Å². The van der Waals surface area contributed by atoms with E-state index in [-0.39, 0.29) is 18.3 Å². The van der Waals surface area contributed by atoms with E-state index >= 15 is 0 Å². The molecule has 6 nitrogen and oxygen atoms in total. The van der Waals surface area contributed by atoms with Crippen molar-refractivity contribution in [3.8, 4) is 5.75 Å². The van der Waals surface area contributed by atoms with Gasteiger partial charge in [-0.3, -0.25) is 4.79 Å². The summed E-state index contributed by atoms with van der Waals surface area (Å²) in [6.07, 6.45) is 1.06. The lowest BCUT2D eigenvalue weighted by Crippen LogP contribution is -2.38. The summed E-state index contributed by atoms with van der Waals surface area (Å²) in [5.41, 5.74) is 3.54. The molecule has 0 saturated heterocycles. The van der Waals surface area contributed by atoms with Crippen molar-refractivity contribution in [3.05, 3.63) is 96.1 Å². The molecule has 1 aromatic heterocycles. The van der Waals surface area contributed by atoms with Crippen LogP contribution in [0.5, 0.6) is 5.75 Å². The van der Waals surface area contributed by atoms with E-state index in [1.54, 1.807) is 32.5 Å². The zero-order valence-electron chi connectivity index (χ0n) is 18.6. The monoisotopic (exact) mass is 447 g/mol. The Kier molecular flexibility index (Phi) is 7.00. The standard InChI is InChI=1S/C26H26FN3O3/c1-18(33-16-19-6-5-7-22(14-19)32-2)26(31)29-24(20-10-12-21(27)13-11-20)15-30-17-28-23-8-3-4-9-25(23)30/h3-14,17-18,24H,15-16H2,1-2H3,(H,29,31). The minimum Gasteiger partial charge on any atom is -0.497 e. The summed E-state index contributed by atoms with van der Waals surface area (Å²) < 4.78 is 26.5. The predicted molar refractivity (Wildman–Crippen MR) is 124 cm³/mol. The number of fused-ring (bicyclic) bond motifs is 1. The molecule has 1 amide bonds. The molecule has 4 aromatic rings. The van der Waals surface area contributed by atoms with Gasteiger partial charge in [0.05, 0.1) is 37.1 Å². The van der Waals surface area contributed by atoms with Gasteiger partial charge in [0.15, 0.2) is 0 Å². The SMILES string of the molecule is COc1cccc(COC(C)C(=O)NC(Cn2cnc3ccccc32)c2ccc(F)cc2)c1. The van der Waals surface area contributed by atoms with Crippen molar-refractivity contribution in [3.63, 3.8) is 0 Å². The maximum Gasteiger partial charge on any atom is 0.249 e. The van der Waals surface area contributed by atoms with Crippen LogP contribution in [-0.2, 0) is 22.7 Å². The van der Waals surface area contributed by atoms with Crippen molar-refractivity contribution < 1.29 is 18.7 Å². The summed E-state index contributed by atoms with van der Waals surface area (Å²) in [5, 5.41) is 3.05.